The first-order valence-electron chi connectivity index (χ1n) is 7.69. The maximum atomic E-state index is 12.7. The number of hydrogen-bond acceptors (Lipinski definition) is 5. The van der Waals surface area contributed by atoms with Crippen molar-refractivity contribution in [3.63, 3.8) is 0 Å². The molecule has 1 saturated carbocycles. The molecule has 1 aliphatic carbocycles. The zero-order valence-corrected chi connectivity index (χ0v) is 13.7. The molecule has 1 saturated heterocycles. The van der Waals surface area contributed by atoms with Crippen molar-refractivity contribution in [1.29, 1.82) is 0 Å². The minimum Gasteiger partial charge on any atom is -0.384 e. The molecule has 1 aromatic heterocycles. The lowest BCUT2D eigenvalue weighted by Gasteiger charge is -2.56. The van der Waals surface area contributed by atoms with Crippen molar-refractivity contribution in [3.8, 4) is 0 Å². The fraction of sp³-hybridized carbons (Fsp3) is 0.625. The van der Waals surface area contributed by atoms with E-state index in [1.54, 1.807) is 7.11 Å². The van der Waals surface area contributed by atoms with Gasteiger partial charge >= 0.3 is 0 Å². The van der Waals surface area contributed by atoms with Crippen LogP contribution < -0.4 is 5.73 Å². The quantitative estimate of drug-likeness (QED) is 0.881. The fourth-order valence-electron chi connectivity index (χ4n) is 4.49. The average molecular weight is 318 g/mol. The van der Waals surface area contributed by atoms with Gasteiger partial charge in [-0.05, 0) is 17.8 Å². The summed E-state index contributed by atoms with van der Waals surface area (Å²) in [6.45, 7) is 6.51. The smallest absolute Gasteiger partial charge is 0.274 e. The number of ether oxygens (including phenoxy) is 1. The van der Waals surface area contributed by atoms with E-state index in [-0.39, 0.29) is 28.1 Å². The van der Waals surface area contributed by atoms with Crippen molar-refractivity contribution in [2.24, 2.45) is 22.5 Å². The molecule has 0 spiro atoms. The first-order valence-corrected chi connectivity index (χ1v) is 7.69. The van der Waals surface area contributed by atoms with Gasteiger partial charge in [-0.3, -0.25) is 9.59 Å². The van der Waals surface area contributed by atoms with Crippen molar-refractivity contribution in [1.82, 2.24) is 14.9 Å². The summed E-state index contributed by atoms with van der Waals surface area (Å²) in [6.07, 6.45) is 3.61. The van der Waals surface area contributed by atoms with Crippen molar-refractivity contribution in [3.05, 3.63) is 23.8 Å². The predicted molar refractivity (Wildman–Crippen MR) is 82.7 cm³/mol. The topological polar surface area (TPSA) is 98.4 Å². The number of carbonyl (C=O) groups is 2. The highest BCUT2D eigenvalue weighted by Crippen LogP contribution is 2.62. The van der Waals surface area contributed by atoms with Crippen LogP contribution in [-0.4, -0.2) is 53.5 Å². The molecule has 1 aliphatic heterocycles. The maximum absolute atomic E-state index is 12.7. The van der Waals surface area contributed by atoms with Crippen LogP contribution in [0.4, 0.5) is 0 Å². The van der Waals surface area contributed by atoms with Crippen molar-refractivity contribution < 1.29 is 14.3 Å². The molecule has 0 bridgehead atoms. The summed E-state index contributed by atoms with van der Waals surface area (Å²) in [4.78, 5) is 33.5. The van der Waals surface area contributed by atoms with E-state index in [4.69, 9.17) is 10.5 Å². The van der Waals surface area contributed by atoms with Gasteiger partial charge in [-0.2, -0.15) is 0 Å². The monoisotopic (exact) mass is 318 g/mol. The summed E-state index contributed by atoms with van der Waals surface area (Å²) in [5.41, 5.74) is 5.70. The minimum absolute atomic E-state index is 0.0501. The Labute approximate surface area is 135 Å². The average Bonchev–Trinajstić information content (AvgIpc) is 2.82. The van der Waals surface area contributed by atoms with Gasteiger partial charge in [0.15, 0.2) is 0 Å². The van der Waals surface area contributed by atoms with Gasteiger partial charge in [0.2, 0.25) is 0 Å². The molecule has 7 nitrogen and oxygen atoms in total. The zero-order chi connectivity index (χ0) is 16.8. The van der Waals surface area contributed by atoms with Crippen LogP contribution in [0.15, 0.2) is 12.4 Å². The summed E-state index contributed by atoms with van der Waals surface area (Å²) in [5, 5.41) is 0. The number of likely N-dealkylation sites (tertiary alicyclic amines) is 1. The van der Waals surface area contributed by atoms with Crippen LogP contribution in [0.2, 0.25) is 0 Å². The second-order valence-electron chi connectivity index (χ2n) is 7.35. The molecule has 2 heterocycles. The van der Waals surface area contributed by atoms with E-state index in [0.29, 0.717) is 25.6 Å². The molecule has 2 N–H and O–H groups in total. The Balaban J connectivity index is 1.77. The van der Waals surface area contributed by atoms with Crippen LogP contribution in [0.25, 0.3) is 0 Å². The Morgan fingerprint density at radius 1 is 1.35 bits per heavy atom. The largest absolute Gasteiger partial charge is 0.384 e. The van der Waals surface area contributed by atoms with Gasteiger partial charge < -0.3 is 15.4 Å². The van der Waals surface area contributed by atoms with Crippen LogP contribution in [0, 0.1) is 16.7 Å². The summed E-state index contributed by atoms with van der Waals surface area (Å²) in [5.74, 6) is -0.387. The van der Waals surface area contributed by atoms with Gasteiger partial charge in [0.1, 0.15) is 11.4 Å². The van der Waals surface area contributed by atoms with E-state index < -0.39 is 5.91 Å². The van der Waals surface area contributed by atoms with Gasteiger partial charge in [0, 0.05) is 25.6 Å². The number of primary amides is 1. The van der Waals surface area contributed by atoms with Crippen LogP contribution in [-0.2, 0) is 4.74 Å². The van der Waals surface area contributed by atoms with E-state index in [0.717, 1.165) is 6.42 Å². The molecule has 2 aliphatic rings. The first-order chi connectivity index (χ1) is 10.8. The van der Waals surface area contributed by atoms with Gasteiger partial charge in [-0.1, -0.05) is 13.8 Å². The molecule has 0 aromatic carbocycles. The number of amides is 2. The van der Waals surface area contributed by atoms with Crippen LogP contribution in [0.1, 0.15) is 41.2 Å². The number of aromatic nitrogens is 2. The molecule has 2 amide bonds. The molecule has 124 valence electrons. The third-order valence-electron chi connectivity index (χ3n) is 5.24. The Morgan fingerprint density at radius 3 is 2.52 bits per heavy atom. The summed E-state index contributed by atoms with van der Waals surface area (Å²) < 4.78 is 5.40. The van der Waals surface area contributed by atoms with E-state index in [2.05, 4.69) is 23.8 Å². The molecule has 23 heavy (non-hydrogen) atoms. The highest BCUT2D eigenvalue weighted by molar-refractivity contribution is 5.94. The Kier molecular flexibility index (Phi) is 3.63. The second kappa shape index (κ2) is 5.26. The number of nitrogens with zero attached hydrogens (tertiary/aromatic N) is 3. The molecular formula is C16H22N4O3. The Hall–Kier alpha value is -2.02. The molecule has 0 unspecified atom stereocenters. The van der Waals surface area contributed by atoms with Crippen LogP contribution in [0.3, 0.4) is 0 Å². The Morgan fingerprint density at radius 2 is 2.00 bits per heavy atom. The molecule has 2 atom stereocenters. The third kappa shape index (κ3) is 2.49. The van der Waals surface area contributed by atoms with Crippen molar-refractivity contribution in [2.75, 3.05) is 26.8 Å². The number of rotatable bonds is 4. The third-order valence-corrected chi connectivity index (χ3v) is 5.24. The zero-order valence-electron chi connectivity index (χ0n) is 13.7. The lowest BCUT2D eigenvalue weighted by molar-refractivity contribution is -0.107. The molecule has 2 fully saturated rings. The van der Waals surface area contributed by atoms with Gasteiger partial charge in [-0.25, -0.2) is 9.97 Å². The normalized spacial score (nSPS) is 28.1. The molecule has 1 aromatic rings. The molecule has 0 radical (unpaired) electrons. The van der Waals surface area contributed by atoms with Crippen LogP contribution >= 0.6 is 0 Å². The highest BCUT2D eigenvalue weighted by Gasteiger charge is 2.63. The first kappa shape index (κ1) is 15.9. The van der Waals surface area contributed by atoms with Gasteiger partial charge in [0.25, 0.3) is 11.8 Å². The second-order valence-corrected chi connectivity index (χ2v) is 7.35. The number of carbonyl (C=O) groups excluding carboxylic acids is 2. The van der Waals surface area contributed by atoms with E-state index in [1.807, 2.05) is 4.90 Å². The van der Waals surface area contributed by atoms with Crippen LogP contribution in [0.5, 0.6) is 0 Å². The van der Waals surface area contributed by atoms with Gasteiger partial charge in [0.05, 0.1) is 19.0 Å². The van der Waals surface area contributed by atoms with E-state index in [9.17, 15) is 9.59 Å². The van der Waals surface area contributed by atoms with Gasteiger partial charge in [-0.15, -0.1) is 0 Å². The molecular weight excluding hydrogens is 296 g/mol. The highest BCUT2D eigenvalue weighted by atomic mass is 16.5. The SMILES string of the molecule is COC[C@@]12CN(C(=O)c3cnc(C(N)=O)cn3)C[C@@H]1C(C)(C)C2. The maximum Gasteiger partial charge on any atom is 0.274 e. The summed E-state index contributed by atoms with van der Waals surface area (Å²) in [6, 6.07) is 0. The minimum atomic E-state index is -0.656. The molecule has 7 heteroatoms. The number of hydrogen-bond donors (Lipinski definition) is 1. The van der Waals surface area contributed by atoms with E-state index in [1.165, 1.54) is 12.4 Å². The van der Waals surface area contributed by atoms with Crippen molar-refractivity contribution >= 4 is 11.8 Å². The Bertz CT molecular complexity index is 643. The number of fused-ring (bicyclic) bond motifs is 1. The number of nitrogens with two attached hydrogens (primary N) is 1. The fourth-order valence-corrected chi connectivity index (χ4v) is 4.49. The predicted octanol–water partition coefficient (Wildman–Crippen LogP) is 0.710. The molecule has 3 rings (SSSR count). The summed E-state index contributed by atoms with van der Waals surface area (Å²) >= 11 is 0. The lowest BCUT2D eigenvalue weighted by atomic mass is 9.48. The lowest BCUT2D eigenvalue weighted by Crippen LogP contribution is -2.55. The summed E-state index contributed by atoms with van der Waals surface area (Å²) in [7, 11) is 1.70. The standard InChI is InChI=1S/C16H22N4O3/c1-15(2)7-16(9-23-3)8-20(6-12(15)16)14(22)11-5-18-10(4-19-11)13(17)21/h4-5,12H,6-9H2,1-3H3,(H2,17,21)/t12-,16-/m1/s1. The van der Waals surface area contributed by atoms with E-state index >= 15 is 0 Å². The number of methoxy groups -OCH3 is 1. The van der Waals surface area contributed by atoms with Crippen molar-refractivity contribution in [2.45, 2.75) is 20.3 Å².